The number of rotatable bonds is 4. The average Bonchev–Trinajstić information content (AvgIpc) is 2.97. The summed E-state index contributed by atoms with van der Waals surface area (Å²) in [5.74, 6) is -0.736. The minimum Gasteiger partial charge on any atom is -0.317 e. The smallest absolute Gasteiger partial charge is 0.286 e. The number of nitro groups is 2. The molecule has 3 rings (SSSR count). The van der Waals surface area contributed by atoms with Crippen LogP contribution in [0.4, 0.5) is 11.4 Å². The van der Waals surface area contributed by atoms with Crippen molar-refractivity contribution in [2.24, 2.45) is 4.99 Å². The predicted octanol–water partition coefficient (Wildman–Crippen LogP) is 3.28. The molecule has 0 fully saturated rings. The first kappa shape index (κ1) is 17.4. The van der Waals surface area contributed by atoms with Gasteiger partial charge in [-0.2, -0.15) is 4.99 Å². The van der Waals surface area contributed by atoms with Gasteiger partial charge in [0.1, 0.15) is 5.56 Å². The summed E-state index contributed by atoms with van der Waals surface area (Å²) in [6, 6.07) is 9.98. The van der Waals surface area contributed by atoms with Crippen LogP contribution in [0.1, 0.15) is 17.3 Å². The van der Waals surface area contributed by atoms with Gasteiger partial charge in [-0.1, -0.05) is 23.5 Å². The topological polar surface area (TPSA) is 121 Å². The van der Waals surface area contributed by atoms with Crippen LogP contribution in [0, 0.1) is 20.2 Å². The number of aryl methyl sites for hydroxylation is 1. The molecule has 1 amide bonds. The van der Waals surface area contributed by atoms with Crippen LogP contribution in [-0.4, -0.2) is 20.3 Å². The van der Waals surface area contributed by atoms with Gasteiger partial charge in [-0.25, -0.2) is 0 Å². The lowest BCUT2D eigenvalue weighted by Gasteiger charge is -2.00. The second-order valence-corrected chi connectivity index (χ2v) is 6.24. The molecule has 0 aliphatic carbocycles. The van der Waals surface area contributed by atoms with E-state index >= 15 is 0 Å². The Morgan fingerprint density at radius 3 is 2.54 bits per heavy atom. The summed E-state index contributed by atoms with van der Waals surface area (Å²) in [5.41, 5.74) is 0.223. The molecule has 2 aromatic carbocycles. The number of amides is 1. The molecule has 0 radical (unpaired) electrons. The molecule has 1 aromatic heterocycles. The van der Waals surface area contributed by atoms with Gasteiger partial charge in [0.15, 0.2) is 4.80 Å². The minimum absolute atomic E-state index is 0.0569. The number of carbonyl (C=O) groups excluding carboxylic acids is 1. The molecule has 0 spiro atoms. The van der Waals surface area contributed by atoms with Gasteiger partial charge in [0.05, 0.1) is 20.1 Å². The van der Waals surface area contributed by atoms with E-state index in [9.17, 15) is 25.0 Å². The minimum atomic E-state index is -0.736. The predicted molar refractivity (Wildman–Crippen MR) is 95.1 cm³/mol. The van der Waals surface area contributed by atoms with E-state index in [-0.39, 0.29) is 16.9 Å². The molecule has 0 atom stereocenters. The Labute approximate surface area is 150 Å². The second kappa shape index (κ2) is 6.84. The zero-order valence-corrected chi connectivity index (χ0v) is 14.3. The molecule has 0 saturated carbocycles. The van der Waals surface area contributed by atoms with E-state index in [1.54, 1.807) is 10.6 Å². The Kier molecular flexibility index (Phi) is 4.59. The van der Waals surface area contributed by atoms with Crippen LogP contribution in [0.15, 0.2) is 47.5 Å². The van der Waals surface area contributed by atoms with E-state index in [0.717, 1.165) is 11.3 Å². The molecule has 132 valence electrons. The van der Waals surface area contributed by atoms with Crippen molar-refractivity contribution in [2.75, 3.05) is 0 Å². The van der Waals surface area contributed by atoms with Crippen molar-refractivity contribution >= 4 is 38.8 Å². The van der Waals surface area contributed by atoms with E-state index in [1.807, 2.05) is 6.92 Å². The van der Waals surface area contributed by atoms with Crippen LogP contribution in [0.3, 0.4) is 0 Å². The maximum atomic E-state index is 12.5. The molecule has 0 aliphatic heterocycles. The molecular weight excluding hydrogens is 360 g/mol. The largest absolute Gasteiger partial charge is 0.317 e. The van der Waals surface area contributed by atoms with Crippen LogP contribution < -0.4 is 4.80 Å². The molecule has 26 heavy (non-hydrogen) atoms. The summed E-state index contributed by atoms with van der Waals surface area (Å²) in [7, 11) is 0. The maximum Gasteiger partial charge on any atom is 0.286 e. The molecule has 0 aliphatic rings. The molecule has 0 saturated heterocycles. The summed E-state index contributed by atoms with van der Waals surface area (Å²) in [5, 5.41) is 22.0. The zero-order valence-electron chi connectivity index (χ0n) is 13.5. The maximum absolute atomic E-state index is 12.5. The molecule has 3 aromatic rings. The lowest BCUT2D eigenvalue weighted by Crippen LogP contribution is -2.16. The van der Waals surface area contributed by atoms with Gasteiger partial charge in [-0.05, 0) is 19.1 Å². The number of nitro benzene ring substituents is 2. The van der Waals surface area contributed by atoms with E-state index in [4.69, 9.17) is 0 Å². The van der Waals surface area contributed by atoms with Crippen molar-refractivity contribution in [3.63, 3.8) is 0 Å². The fourth-order valence-corrected chi connectivity index (χ4v) is 3.65. The van der Waals surface area contributed by atoms with Crippen LogP contribution >= 0.6 is 11.3 Å². The lowest BCUT2D eigenvalue weighted by molar-refractivity contribution is -0.385. The highest BCUT2D eigenvalue weighted by molar-refractivity contribution is 7.16. The average molecular weight is 372 g/mol. The van der Waals surface area contributed by atoms with Gasteiger partial charge >= 0.3 is 0 Å². The summed E-state index contributed by atoms with van der Waals surface area (Å²) < 4.78 is 2.34. The summed E-state index contributed by atoms with van der Waals surface area (Å²) >= 11 is 1.12. The van der Waals surface area contributed by atoms with Crippen molar-refractivity contribution in [3.05, 3.63) is 73.1 Å². The number of hydrogen-bond donors (Lipinski definition) is 0. The van der Waals surface area contributed by atoms with Crippen molar-refractivity contribution in [1.29, 1.82) is 0 Å². The summed E-state index contributed by atoms with van der Waals surface area (Å²) in [6.45, 7) is 2.34. The number of aromatic nitrogens is 1. The first-order valence-electron chi connectivity index (χ1n) is 7.52. The highest BCUT2D eigenvalue weighted by Crippen LogP contribution is 2.24. The van der Waals surface area contributed by atoms with E-state index in [1.165, 1.54) is 36.4 Å². The third-order valence-corrected chi connectivity index (χ3v) is 4.76. The van der Waals surface area contributed by atoms with Crippen molar-refractivity contribution < 1.29 is 14.6 Å². The molecule has 0 N–H and O–H groups in total. The van der Waals surface area contributed by atoms with E-state index in [2.05, 4.69) is 4.99 Å². The number of thiazole rings is 1. The lowest BCUT2D eigenvalue weighted by atomic mass is 10.2. The standard InChI is InChI=1S/C16H12N4O5S/c1-2-18-13-8-7-10(19(22)23)9-14(13)26-16(18)17-15(21)11-5-3-4-6-12(11)20(24)25/h3-9H,2H2,1H3. The normalized spacial score (nSPS) is 11.7. The number of carbonyl (C=O) groups is 1. The monoisotopic (exact) mass is 372 g/mol. The fourth-order valence-electron chi connectivity index (χ4n) is 2.53. The number of para-hydroxylation sites is 1. The molecule has 1 heterocycles. The molecule has 0 bridgehead atoms. The van der Waals surface area contributed by atoms with Crippen LogP contribution in [0.2, 0.25) is 0 Å². The highest BCUT2D eigenvalue weighted by Gasteiger charge is 2.19. The Balaban J connectivity index is 2.17. The van der Waals surface area contributed by atoms with Gasteiger partial charge < -0.3 is 4.57 Å². The number of fused-ring (bicyclic) bond motifs is 1. The van der Waals surface area contributed by atoms with Crippen molar-refractivity contribution in [2.45, 2.75) is 13.5 Å². The third kappa shape index (κ3) is 3.09. The van der Waals surface area contributed by atoms with Gasteiger partial charge in [-0.3, -0.25) is 25.0 Å². The Bertz CT molecular complexity index is 1120. The molecule has 10 heteroatoms. The Hall–Kier alpha value is -3.40. The van der Waals surface area contributed by atoms with Gasteiger partial charge in [0.2, 0.25) is 0 Å². The SMILES string of the molecule is CCn1c(=NC(=O)c2ccccc2[N+](=O)[O-])sc2cc([N+](=O)[O-])ccc21. The van der Waals surface area contributed by atoms with Crippen molar-refractivity contribution in [3.8, 4) is 0 Å². The van der Waals surface area contributed by atoms with Crippen molar-refractivity contribution in [1.82, 2.24) is 4.57 Å². The first-order valence-corrected chi connectivity index (χ1v) is 8.34. The van der Waals surface area contributed by atoms with Gasteiger partial charge in [-0.15, -0.1) is 0 Å². The van der Waals surface area contributed by atoms with Crippen LogP contribution in [0.5, 0.6) is 0 Å². The Morgan fingerprint density at radius 1 is 1.15 bits per heavy atom. The quantitative estimate of drug-likeness (QED) is 0.514. The summed E-state index contributed by atoms with van der Waals surface area (Å²) in [6.07, 6.45) is 0. The molecule has 0 unspecified atom stereocenters. The van der Waals surface area contributed by atoms with Gasteiger partial charge in [0.25, 0.3) is 17.3 Å². The van der Waals surface area contributed by atoms with Gasteiger partial charge in [0, 0.05) is 24.7 Å². The first-order chi connectivity index (χ1) is 12.4. The highest BCUT2D eigenvalue weighted by atomic mass is 32.1. The summed E-state index contributed by atoms with van der Waals surface area (Å²) in [4.78, 5) is 37.7. The Morgan fingerprint density at radius 2 is 1.88 bits per heavy atom. The number of nitrogens with zero attached hydrogens (tertiary/aromatic N) is 4. The number of benzene rings is 2. The zero-order chi connectivity index (χ0) is 18.8. The second-order valence-electron chi connectivity index (χ2n) is 5.23. The van der Waals surface area contributed by atoms with Crippen LogP contribution in [0.25, 0.3) is 10.2 Å². The van der Waals surface area contributed by atoms with E-state index in [0.29, 0.717) is 21.6 Å². The van der Waals surface area contributed by atoms with E-state index < -0.39 is 15.8 Å². The molecular formula is C16H12N4O5S. The fraction of sp³-hybridized carbons (Fsp3) is 0.125. The van der Waals surface area contributed by atoms with Crippen LogP contribution in [-0.2, 0) is 6.54 Å². The number of hydrogen-bond acceptors (Lipinski definition) is 6. The molecule has 9 nitrogen and oxygen atoms in total. The number of non-ortho nitro benzene ring substituents is 1. The third-order valence-electron chi connectivity index (χ3n) is 3.72.